The monoisotopic (exact) mass is 231 g/mol. The fraction of sp³-hybridized carbons (Fsp3) is 0.357. The summed E-state index contributed by atoms with van der Waals surface area (Å²) in [5.74, 6) is 0. The second-order valence-corrected chi connectivity index (χ2v) is 5.91. The first-order valence-corrected chi connectivity index (χ1v) is 6.42. The molecule has 16 heavy (non-hydrogen) atoms. The summed E-state index contributed by atoms with van der Waals surface area (Å²) in [7, 11) is 0. The molecule has 0 saturated carbocycles. The van der Waals surface area contributed by atoms with E-state index in [-0.39, 0.29) is 5.41 Å². The first-order valence-electron chi connectivity index (χ1n) is 5.54. The van der Waals surface area contributed by atoms with Crippen molar-refractivity contribution in [1.29, 1.82) is 0 Å². The van der Waals surface area contributed by atoms with Crippen LogP contribution in [0, 0.1) is 0 Å². The highest BCUT2D eigenvalue weighted by Gasteiger charge is 2.17. The third kappa shape index (κ3) is 2.70. The number of thiazole rings is 1. The molecular weight excluding hydrogens is 214 g/mol. The topological polar surface area (TPSA) is 12.9 Å². The Morgan fingerprint density at radius 1 is 1.12 bits per heavy atom. The summed E-state index contributed by atoms with van der Waals surface area (Å²) in [4.78, 5) is 4.70. The molecule has 0 aliphatic heterocycles. The van der Waals surface area contributed by atoms with Gasteiger partial charge in [0.15, 0.2) is 0 Å². The van der Waals surface area contributed by atoms with Crippen molar-refractivity contribution >= 4 is 11.3 Å². The minimum absolute atomic E-state index is 0.166. The van der Waals surface area contributed by atoms with Gasteiger partial charge in [0.2, 0.25) is 0 Å². The van der Waals surface area contributed by atoms with Crippen molar-refractivity contribution in [2.24, 2.45) is 0 Å². The van der Waals surface area contributed by atoms with E-state index in [9.17, 15) is 0 Å². The SMILES string of the molecule is CC(C)(C)c1nc(Cc2ccccc2)cs1. The summed E-state index contributed by atoms with van der Waals surface area (Å²) < 4.78 is 0. The smallest absolute Gasteiger partial charge is 0.0982 e. The normalized spacial score (nSPS) is 11.7. The number of benzene rings is 1. The van der Waals surface area contributed by atoms with Crippen LogP contribution in [0.25, 0.3) is 0 Å². The zero-order valence-electron chi connectivity index (χ0n) is 10.0. The van der Waals surface area contributed by atoms with Crippen molar-refractivity contribution in [3.8, 4) is 0 Å². The number of aromatic nitrogens is 1. The highest BCUT2D eigenvalue weighted by Crippen LogP contribution is 2.26. The van der Waals surface area contributed by atoms with Crippen molar-refractivity contribution in [3.63, 3.8) is 0 Å². The number of rotatable bonds is 2. The van der Waals surface area contributed by atoms with Crippen LogP contribution in [-0.2, 0) is 11.8 Å². The quantitative estimate of drug-likeness (QED) is 0.760. The Morgan fingerprint density at radius 2 is 1.81 bits per heavy atom. The molecule has 2 rings (SSSR count). The van der Waals surface area contributed by atoms with Gasteiger partial charge in [0, 0.05) is 17.2 Å². The average Bonchev–Trinajstić information content (AvgIpc) is 2.67. The van der Waals surface area contributed by atoms with E-state index in [1.807, 2.05) is 6.07 Å². The molecule has 2 heteroatoms. The fourth-order valence-electron chi connectivity index (χ4n) is 1.54. The van der Waals surface area contributed by atoms with Crippen molar-refractivity contribution in [2.75, 3.05) is 0 Å². The number of hydrogen-bond acceptors (Lipinski definition) is 2. The van der Waals surface area contributed by atoms with Gasteiger partial charge in [-0.3, -0.25) is 0 Å². The highest BCUT2D eigenvalue weighted by molar-refractivity contribution is 7.09. The van der Waals surface area contributed by atoms with Crippen molar-refractivity contribution in [1.82, 2.24) is 4.98 Å². The van der Waals surface area contributed by atoms with E-state index in [4.69, 9.17) is 4.98 Å². The summed E-state index contributed by atoms with van der Waals surface area (Å²) in [6.07, 6.45) is 0.938. The standard InChI is InChI=1S/C14H17NS/c1-14(2,3)13-15-12(10-16-13)9-11-7-5-4-6-8-11/h4-8,10H,9H2,1-3H3. The Balaban J connectivity index is 2.15. The molecule has 0 unspecified atom stereocenters. The molecule has 1 aromatic carbocycles. The molecule has 1 aromatic heterocycles. The van der Waals surface area contributed by atoms with Gasteiger partial charge < -0.3 is 0 Å². The van der Waals surface area contributed by atoms with Gasteiger partial charge in [-0.1, -0.05) is 51.1 Å². The third-order valence-electron chi connectivity index (χ3n) is 2.42. The van der Waals surface area contributed by atoms with E-state index in [0.717, 1.165) is 6.42 Å². The summed E-state index contributed by atoms with van der Waals surface area (Å²) >= 11 is 1.76. The minimum atomic E-state index is 0.166. The van der Waals surface area contributed by atoms with Crippen LogP contribution in [0.5, 0.6) is 0 Å². The molecule has 0 bridgehead atoms. The average molecular weight is 231 g/mol. The molecule has 0 amide bonds. The maximum Gasteiger partial charge on any atom is 0.0982 e. The molecule has 0 spiro atoms. The van der Waals surface area contributed by atoms with Gasteiger partial charge in [-0.15, -0.1) is 11.3 Å². The molecule has 2 aromatic rings. The Bertz CT molecular complexity index is 451. The Hall–Kier alpha value is -1.15. The second kappa shape index (κ2) is 4.38. The van der Waals surface area contributed by atoms with Gasteiger partial charge in [-0.05, 0) is 5.56 Å². The Morgan fingerprint density at radius 3 is 2.38 bits per heavy atom. The maximum absolute atomic E-state index is 4.70. The van der Waals surface area contributed by atoms with E-state index >= 15 is 0 Å². The largest absolute Gasteiger partial charge is 0.245 e. The fourth-order valence-corrected chi connectivity index (χ4v) is 2.44. The van der Waals surface area contributed by atoms with Gasteiger partial charge in [-0.25, -0.2) is 4.98 Å². The van der Waals surface area contributed by atoms with Crippen LogP contribution in [-0.4, -0.2) is 4.98 Å². The predicted octanol–water partition coefficient (Wildman–Crippen LogP) is 4.03. The Kier molecular flexibility index (Phi) is 3.10. The van der Waals surface area contributed by atoms with Crippen LogP contribution in [0.15, 0.2) is 35.7 Å². The number of hydrogen-bond donors (Lipinski definition) is 0. The highest BCUT2D eigenvalue weighted by atomic mass is 32.1. The third-order valence-corrected chi connectivity index (χ3v) is 3.74. The lowest BCUT2D eigenvalue weighted by Gasteiger charge is -2.13. The van der Waals surface area contributed by atoms with E-state index in [1.54, 1.807) is 11.3 Å². The first kappa shape index (κ1) is 11.3. The van der Waals surface area contributed by atoms with E-state index in [2.05, 4.69) is 50.4 Å². The van der Waals surface area contributed by atoms with Crippen LogP contribution >= 0.6 is 11.3 Å². The van der Waals surface area contributed by atoms with Crippen molar-refractivity contribution in [3.05, 3.63) is 52.0 Å². The summed E-state index contributed by atoms with van der Waals surface area (Å²) in [6, 6.07) is 10.5. The first-order chi connectivity index (χ1) is 7.55. The molecule has 0 atom stereocenters. The molecule has 0 fully saturated rings. The molecule has 1 nitrogen and oxygen atoms in total. The zero-order chi connectivity index (χ0) is 11.6. The van der Waals surface area contributed by atoms with Gasteiger partial charge in [0.05, 0.1) is 10.7 Å². The molecular formula is C14H17NS. The van der Waals surface area contributed by atoms with E-state index in [0.29, 0.717) is 0 Å². The van der Waals surface area contributed by atoms with Crippen molar-refractivity contribution < 1.29 is 0 Å². The number of nitrogens with zero attached hydrogens (tertiary/aromatic N) is 1. The molecule has 0 N–H and O–H groups in total. The predicted molar refractivity (Wildman–Crippen MR) is 70.1 cm³/mol. The van der Waals surface area contributed by atoms with Crippen LogP contribution in [0.2, 0.25) is 0 Å². The molecule has 1 heterocycles. The van der Waals surface area contributed by atoms with E-state index in [1.165, 1.54) is 16.3 Å². The van der Waals surface area contributed by atoms with E-state index < -0.39 is 0 Å². The summed E-state index contributed by atoms with van der Waals surface area (Å²) in [5, 5.41) is 3.39. The molecule has 0 aliphatic carbocycles. The zero-order valence-corrected chi connectivity index (χ0v) is 10.8. The molecule has 0 saturated heterocycles. The lowest BCUT2D eigenvalue weighted by molar-refractivity contribution is 0.583. The maximum atomic E-state index is 4.70. The molecule has 0 aliphatic rings. The van der Waals surface area contributed by atoms with Crippen LogP contribution in [0.1, 0.15) is 37.0 Å². The minimum Gasteiger partial charge on any atom is -0.245 e. The lowest BCUT2D eigenvalue weighted by Crippen LogP contribution is -2.10. The molecule has 0 radical (unpaired) electrons. The van der Waals surface area contributed by atoms with Crippen LogP contribution in [0.3, 0.4) is 0 Å². The van der Waals surface area contributed by atoms with Crippen LogP contribution < -0.4 is 0 Å². The van der Waals surface area contributed by atoms with Crippen LogP contribution in [0.4, 0.5) is 0 Å². The van der Waals surface area contributed by atoms with Gasteiger partial charge in [-0.2, -0.15) is 0 Å². The van der Waals surface area contributed by atoms with Gasteiger partial charge in [0.1, 0.15) is 0 Å². The second-order valence-electron chi connectivity index (χ2n) is 5.06. The summed E-state index contributed by atoms with van der Waals surface area (Å²) in [5.41, 5.74) is 2.67. The lowest BCUT2D eigenvalue weighted by atomic mass is 9.98. The molecule has 84 valence electrons. The summed E-state index contributed by atoms with van der Waals surface area (Å²) in [6.45, 7) is 6.62. The van der Waals surface area contributed by atoms with Gasteiger partial charge in [0.25, 0.3) is 0 Å². The van der Waals surface area contributed by atoms with Gasteiger partial charge >= 0.3 is 0 Å². The Labute approximate surface area is 101 Å². The van der Waals surface area contributed by atoms with Crippen molar-refractivity contribution in [2.45, 2.75) is 32.6 Å².